The van der Waals surface area contributed by atoms with Crippen LogP contribution in [0.15, 0.2) is 72.3 Å². The molecule has 0 fully saturated rings. The van der Waals surface area contributed by atoms with Gasteiger partial charge < -0.3 is 4.90 Å². The summed E-state index contributed by atoms with van der Waals surface area (Å²) in [5.74, 6) is -1.54. The fourth-order valence-electron chi connectivity index (χ4n) is 4.80. The highest BCUT2D eigenvalue weighted by Gasteiger charge is 2.20. The molecule has 8 nitrogen and oxygen atoms in total. The molecule has 2 aromatic carbocycles. The predicted molar refractivity (Wildman–Crippen MR) is 158 cm³/mol. The lowest BCUT2D eigenvalue weighted by atomic mass is 9.89. The summed E-state index contributed by atoms with van der Waals surface area (Å²) >= 11 is 0. The summed E-state index contributed by atoms with van der Waals surface area (Å²) in [6.07, 6.45) is 8.10. The van der Waals surface area contributed by atoms with Gasteiger partial charge in [0.2, 0.25) is 0 Å². The van der Waals surface area contributed by atoms with E-state index in [-0.39, 0.29) is 11.1 Å². The van der Waals surface area contributed by atoms with E-state index in [2.05, 4.69) is 37.2 Å². The van der Waals surface area contributed by atoms with Gasteiger partial charge in [-0.2, -0.15) is 16.8 Å². The molecule has 0 saturated carbocycles. The van der Waals surface area contributed by atoms with Crippen LogP contribution < -0.4 is 4.90 Å². The smallest absolute Gasteiger partial charge is 0.269 e. The van der Waals surface area contributed by atoms with Crippen LogP contribution in [0, 0.1) is 0 Å². The first-order valence-electron chi connectivity index (χ1n) is 13.0. The number of rotatable bonds is 11. The molecule has 0 saturated heterocycles. The van der Waals surface area contributed by atoms with Crippen LogP contribution in [-0.4, -0.2) is 62.4 Å². The molecule has 1 aliphatic rings. The summed E-state index contributed by atoms with van der Waals surface area (Å²) in [5, 5.41) is 0. The van der Waals surface area contributed by atoms with E-state index < -0.39 is 31.7 Å². The second kappa shape index (κ2) is 12.9. The molecule has 1 aliphatic carbocycles. The molecule has 2 N–H and O–H groups in total. The lowest BCUT2D eigenvalue weighted by Gasteiger charge is -2.22. The molecule has 10 heteroatoms. The van der Waals surface area contributed by atoms with Gasteiger partial charge in [-0.15, -0.1) is 0 Å². The van der Waals surface area contributed by atoms with Gasteiger partial charge in [0.05, 0.1) is 0 Å². The summed E-state index contributed by atoms with van der Waals surface area (Å²) in [7, 11) is -8.89. The molecule has 0 unspecified atom stereocenters. The fourth-order valence-corrected chi connectivity index (χ4v) is 6.14. The standard InChI is InChI=1S/C29H36N2O6S2/c1-5-30(6-2)27-15-11-22(12-16-27)29(23-13-17-28(18-14-23)31(7-3)8-4)24-9-10-25(20-38(32,33)34)26(19-24)21-39(35,36)37/h9-19H,5-8,20-21H2,1-4H3,(H-,32,33,34,35,36,37)/p+1. The molecule has 0 bridgehead atoms. The van der Waals surface area contributed by atoms with Crippen molar-refractivity contribution in [3.05, 3.63) is 94.6 Å². The van der Waals surface area contributed by atoms with Gasteiger partial charge in [-0.05, 0) is 91.4 Å². The largest absolute Gasteiger partial charge is 0.372 e. The molecule has 0 heterocycles. The predicted octanol–water partition coefficient (Wildman–Crippen LogP) is 4.73. The molecular weight excluding hydrogens is 536 g/mol. The van der Waals surface area contributed by atoms with Crippen LogP contribution in [0.4, 0.5) is 5.69 Å². The van der Waals surface area contributed by atoms with E-state index in [0.29, 0.717) is 5.56 Å². The third-order valence-corrected chi connectivity index (χ3v) is 8.09. The molecule has 0 atom stereocenters. The van der Waals surface area contributed by atoms with Crippen molar-refractivity contribution in [1.82, 2.24) is 0 Å². The minimum absolute atomic E-state index is 0.102. The number of anilines is 1. The van der Waals surface area contributed by atoms with Crippen LogP contribution >= 0.6 is 0 Å². The first kappa shape index (κ1) is 30.5. The molecule has 0 aromatic heterocycles. The van der Waals surface area contributed by atoms with Gasteiger partial charge in [0.15, 0.2) is 5.71 Å². The summed E-state index contributed by atoms with van der Waals surface area (Å²) in [6.45, 7) is 11.9. The monoisotopic (exact) mass is 573 g/mol. The van der Waals surface area contributed by atoms with E-state index in [9.17, 15) is 25.9 Å². The summed E-state index contributed by atoms with van der Waals surface area (Å²) in [6, 6.07) is 12.9. The quantitative estimate of drug-likeness (QED) is 0.295. The topological polar surface area (TPSA) is 115 Å². The van der Waals surface area contributed by atoms with Gasteiger partial charge in [0, 0.05) is 30.9 Å². The number of nitrogens with zero attached hydrogens (tertiary/aromatic N) is 2. The lowest BCUT2D eigenvalue weighted by Crippen LogP contribution is -2.21. The number of hydrogen-bond acceptors (Lipinski definition) is 5. The molecular formula is C29H37N2O6S2+. The van der Waals surface area contributed by atoms with Crippen molar-refractivity contribution in [2.24, 2.45) is 0 Å². The molecule has 210 valence electrons. The van der Waals surface area contributed by atoms with Crippen LogP contribution in [0.5, 0.6) is 0 Å². The van der Waals surface area contributed by atoms with Crippen molar-refractivity contribution in [2.75, 3.05) is 31.1 Å². The molecule has 0 spiro atoms. The first-order valence-corrected chi connectivity index (χ1v) is 16.2. The third-order valence-electron chi connectivity index (χ3n) is 6.74. The van der Waals surface area contributed by atoms with Gasteiger partial charge in [0.1, 0.15) is 24.6 Å². The minimum atomic E-state index is -4.47. The van der Waals surface area contributed by atoms with Crippen LogP contribution in [0.1, 0.15) is 49.9 Å². The Bertz CT molecular complexity index is 1510. The van der Waals surface area contributed by atoms with Crippen LogP contribution in [0.2, 0.25) is 0 Å². The van der Waals surface area contributed by atoms with Crippen LogP contribution in [0.3, 0.4) is 0 Å². The second-order valence-corrected chi connectivity index (χ2v) is 12.2. The van der Waals surface area contributed by atoms with E-state index in [0.717, 1.165) is 54.3 Å². The molecule has 39 heavy (non-hydrogen) atoms. The Morgan fingerprint density at radius 1 is 0.718 bits per heavy atom. The van der Waals surface area contributed by atoms with E-state index in [1.54, 1.807) is 12.1 Å². The van der Waals surface area contributed by atoms with Gasteiger partial charge in [-0.1, -0.05) is 24.3 Å². The maximum absolute atomic E-state index is 11.8. The zero-order valence-electron chi connectivity index (χ0n) is 22.8. The number of hydrogen-bond donors (Lipinski definition) is 2. The number of benzene rings is 2. The highest BCUT2D eigenvalue weighted by molar-refractivity contribution is 7.85. The van der Waals surface area contributed by atoms with Crippen molar-refractivity contribution in [3.63, 3.8) is 0 Å². The molecule has 2 aromatic rings. The second-order valence-electron chi connectivity index (χ2n) is 9.25. The third kappa shape index (κ3) is 8.22. The highest BCUT2D eigenvalue weighted by atomic mass is 32.2. The molecule has 0 amide bonds. The Hall–Kier alpha value is -3.05. The maximum Gasteiger partial charge on any atom is 0.269 e. The van der Waals surface area contributed by atoms with Crippen LogP contribution in [0.25, 0.3) is 5.57 Å². The van der Waals surface area contributed by atoms with E-state index in [1.165, 1.54) is 6.07 Å². The van der Waals surface area contributed by atoms with E-state index >= 15 is 0 Å². The average Bonchev–Trinajstić information content (AvgIpc) is 2.87. The molecule has 0 radical (unpaired) electrons. The normalized spacial score (nSPS) is 13.6. The van der Waals surface area contributed by atoms with Gasteiger partial charge in [-0.25, -0.2) is 4.58 Å². The Morgan fingerprint density at radius 3 is 1.72 bits per heavy atom. The summed E-state index contributed by atoms with van der Waals surface area (Å²) < 4.78 is 67.9. The highest BCUT2D eigenvalue weighted by Crippen LogP contribution is 2.33. The Morgan fingerprint density at radius 2 is 1.23 bits per heavy atom. The zero-order valence-corrected chi connectivity index (χ0v) is 24.5. The zero-order chi connectivity index (χ0) is 28.8. The van der Waals surface area contributed by atoms with Crippen molar-refractivity contribution in [1.29, 1.82) is 0 Å². The Balaban J connectivity index is 2.24. The van der Waals surface area contributed by atoms with Crippen molar-refractivity contribution < 1.29 is 30.5 Å². The lowest BCUT2D eigenvalue weighted by molar-refractivity contribution is -0.519. The maximum atomic E-state index is 11.8. The van der Waals surface area contributed by atoms with Gasteiger partial charge >= 0.3 is 0 Å². The van der Waals surface area contributed by atoms with Crippen LogP contribution in [-0.2, 0) is 31.7 Å². The SMILES string of the molecule is CCN(CC)c1ccc(C(=C2C=CC(=[N+](CC)CC)C=C2)c2ccc(CS(=O)(=O)O)c(CS(=O)(=O)O)c2)cc1. The van der Waals surface area contributed by atoms with Crippen molar-refractivity contribution >= 4 is 37.2 Å². The van der Waals surface area contributed by atoms with Gasteiger partial charge in [-0.3, -0.25) is 9.11 Å². The summed E-state index contributed by atoms with van der Waals surface area (Å²) in [4.78, 5) is 2.23. The molecule has 0 aliphatic heterocycles. The molecule has 3 rings (SSSR count). The van der Waals surface area contributed by atoms with E-state index in [4.69, 9.17) is 0 Å². The van der Waals surface area contributed by atoms with Crippen molar-refractivity contribution in [2.45, 2.75) is 39.2 Å². The Kier molecular flexibility index (Phi) is 10.1. The van der Waals surface area contributed by atoms with Gasteiger partial charge in [0.25, 0.3) is 20.2 Å². The average molecular weight is 574 g/mol. The summed E-state index contributed by atoms with van der Waals surface area (Å²) in [5.41, 5.74) is 5.62. The minimum Gasteiger partial charge on any atom is -0.372 e. The Labute approximate surface area is 232 Å². The number of allylic oxidation sites excluding steroid dienone is 5. The van der Waals surface area contributed by atoms with E-state index in [1.807, 2.05) is 48.6 Å². The first-order chi connectivity index (χ1) is 18.4. The van der Waals surface area contributed by atoms with Crippen molar-refractivity contribution in [3.8, 4) is 0 Å². The fraction of sp³-hybridized carbons (Fsp3) is 0.345.